The topological polar surface area (TPSA) is 73.1 Å². The molecule has 2 heterocycles. The Morgan fingerprint density at radius 2 is 2.06 bits per heavy atom. The Balaban J connectivity index is 1.95. The third kappa shape index (κ3) is 1.83. The van der Waals surface area contributed by atoms with E-state index in [1.165, 1.54) is 11.9 Å². The summed E-state index contributed by atoms with van der Waals surface area (Å²) in [6.45, 7) is 0.614. The van der Waals surface area contributed by atoms with E-state index in [4.69, 9.17) is 10.6 Å². The van der Waals surface area contributed by atoms with Gasteiger partial charge in [-0.2, -0.15) is 0 Å². The van der Waals surface area contributed by atoms with Gasteiger partial charge in [0.25, 0.3) is 0 Å². The van der Waals surface area contributed by atoms with Gasteiger partial charge in [0, 0.05) is 29.4 Å². The van der Waals surface area contributed by atoms with Gasteiger partial charge < -0.3 is 4.74 Å². The Labute approximate surface area is 105 Å². The van der Waals surface area contributed by atoms with E-state index >= 15 is 0 Å². The summed E-state index contributed by atoms with van der Waals surface area (Å²) < 4.78 is 5.68. The molecule has 3 N–H and O–H groups in total. The highest BCUT2D eigenvalue weighted by atomic mass is 16.5. The van der Waals surface area contributed by atoms with Crippen molar-refractivity contribution in [2.75, 3.05) is 6.61 Å². The number of fused-ring (bicyclic) bond motifs is 1. The van der Waals surface area contributed by atoms with Crippen molar-refractivity contribution >= 4 is 0 Å². The Morgan fingerprint density at radius 1 is 1.28 bits per heavy atom. The number of hydrogen-bond acceptors (Lipinski definition) is 5. The van der Waals surface area contributed by atoms with Crippen molar-refractivity contribution in [3.63, 3.8) is 0 Å². The molecule has 0 fully saturated rings. The highest BCUT2D eigenvalue weighted by Crippen LogP contribution is 2.40. The average molecular weight is 242 g/mol. The van der Waals surface area contributed by atoms with Gasteiger partial charge in [-0.3, -0.25) is 11.3 Å². The summed E-state index contributed by atoms with van der Waals surface area (Å²) >= 11 is 0. The molecule has 2 unspecified atom stereocenters. The van der Waals surface area contributed by atoms with Gasteiger partial charge in [-0.15, -0.1) is 0 Å². The van der Waals surface area contributed by atoms with Gasteiger partial charge in [-0.05, 0) is 6.07 Å². The second-order valence-corrected chi connectivity index (χ2v) is 4.27. The van der Waals surface area contributed by atoms with Crippen molar-refractivity contribution in [1.29, 1.82) is 0 Å². The fourth-order valence-corrected chi connectivity index (χ4v) is 2.38. The van der Waals surface area contributed by atoms with E-state index in [-0.39, 0.29) is 12.0 Å². The molecule has 0 radical (unpaired) electrons. The molecule has 1 aliphatic rings. The zero-order chi connectivity index (χ0) is 12.4. The van der Waals surface area contributed by atoms with Crippen LogP contribution in [0.25, 0.3) is 0 Å². The van der Waals surface area contributed by atoms with Crippen LogP contribution in [0, 0.1) is 0 Å². The molecule has 3 rings (SSSR count). The van der Waals surface area contributed by atoms with Crippen molar-refractivity contribution in [2.45, 2.75) is 12.0 Å². The number of nitrogens with two attached hydrogens (primary N) is 1. The molecule has 0 bridgehead atoms. The number of hydrazine groups is 1. The monoisotopic (exact) mass is 242 g/mol. The van der Waals surface area contributed by atoms with Gasteiger partial charge in [-0.1, -0.05) is 18.2 Å². The second kappa shape index (κ2) is 4.72. The first kappa shape index (κ1) is 11.1. The van der Waals surface area contributed by atoms with Crippen molar-refractivity contribution in [3.8, 4) is 5.75 Å². The lowest BCUT2D eigenvalue weighted by Crippen LogP contribution is -2.33. The van der Waals surface area contributed by atoms with Gasteiger partial charge in [0.2, 0.25) is 0 Å². The fraction of sp³-hybridized carbons (Fsp3) is 0.231. The van der Waals surface area contributed by atoms with E-state index in [0.717, 1.165) is 11.3 Å². The van der Waals surface area contributed by atoms with E-state index in [1.54, 1.807) is 12.4 Å². The summed E-state index contributed by atoms with van der Waals surface area (Å²) in [6.07, 6.45) is 5.06. The Hall–Kier alpha value is -1.98. The summed E-state index contributed by atoms with van der Waals surface area (Å²) in [5.41, 5.74) is 4.98. The van der Waals surface area contributed by atoms with E-state index in [0.29, 0.717) is 6.61 Å². The third-order valence-corrected chi connectivity index (χ3v) is 3.26. The molecular formula is C13H14N4O. The lowest BCUT2D eigenvalue weighted by molar-refractivity contribution is 0.300. The zero-order valence-electron chi connectivity index (χ0n) is 9.78. The summed E-state index contributed by atoms with van der Waals surface area (Å²) in [5, 5.41) is 0. The molecule has 18 heavy (non-hydrogen) atoms. The molecule has 2 atom stereocenters. The Kier molecular flexibility index (Phi) is 2.92. The molecule has 0 saturated carbocycles. The average Bonchev–Trinajstić information content (AvgIpc) is 2.85. The quantitative estimate of drug-likeness (QED) is 0.624. The molecule has 0 aliphatic carbocycles. The van der Waals surface area contributed by atoms with Gasteiger partial charge >= 0.3 is 0 Å². The van der Waals surface area contributed by atoms with E-state index in [2.05, 4.69) is 21.5 Å². The number of ether oxygens (including phenoxy) is 1. The van der Waals surface area contributed by atoms with Gasteiger partial charge in [0.1, 0.15) is 12.1 Å². The van der Waals surface area contributed by atoms with Crippen LogP contribution in [-0.4, -0.2) is 16.6 Å². The highest BCUT2D eigenvalue weighted by Gasteiger charge is 2.31. The van der Waals surface area contributed by atoms with Gasteiger partial charge in [0.15, 0.2) is 0 Å². The summed E-state index contributed by atoms with van der Waals surface area (Å²) in [4.78, 5) is 8.07. The van der Waals surface area contributed by atoms with Crippen LogP contribution in [-0.2, 0) is 0 Å². The summed E-state index contributed by atoms with van der Waals surface area (Å²) in [7, 11) is 0. The SMILES string of the molecule is NNC(c1cncnc1)C1COc2ccccc21. The predicted octanol–water partition coefficient (Wildman–Crippen LogP) is 1.16. The number of hydrogen-bond donors (Lipinski definition) is 2. The molecule has 5 heteroatoms. The molecule has 1 aromatic heterocycles. The molecule has 1 aliphatic heterocycles. The van der Waals surface area contributed by atoms with Crippen molar-refractivity contribution < 1.29 is 4.74 Å². The second-order valence-electron chi connectivity index (χ2n) is 4.27. The first-order valence-corrected chi connectivity index (χ1v) is 5.83. The first-order chi connectivity index (χ1) is 8.90. The molecule has 92 valence electrons. The largest absolute Gasteiger partial charge is 0.493 e. The molecule has 0 spiro atoms. The molecule has 0 amide bonds. The fourth-order valence-electron chi connectivity index (χ4n) is 2.38. The lowest BCUT2D eigenvalue weighted by Gasteiger charge is -2.21. The number of benzene rings is 1. The zero-order valence-corrected chi connectivity index (χ0v) is 9.78. The number of aromatic nitrogens is 2. The van der Waals surface area contributed by atoms with Crippen LogP contribution in [0.1, 0.15) is 23.1 Å². The molecular weight excluding hydrogens is 228 g/mol. The predicted molar refractivity (Wildman–Crippen MR) is 66.8 cm³/mol. The minimum atomic E-state index is -0.0464. The number of nitrogens with zero attached hydrogens (tertiary/aromatic N) is 2. The highest BCUT2D eigenvalue weighted by molar-refractivity contribution is 5.41. The third-order valence-electron chi connectivity index (χ3n) is 3.26. The Bertz CT molecular complexity index is 532. The molecule has 0 saturated heterocycles. The van der Waals surface area contributed by atoms with Crippen LogP contribution in [0.15, 0.2) is 43.0 Å². The van der Waals surface area contributed by atoms with E-state index < -0.39 is 0 Å². The molecule has 5 nitrogen and oxygen atoms in total. The summed E-state index contributed by atoms with van der Waals surface area (Å²) in [5.74, 6) is 6.79. The normalized spacial score (nSPS) is 19.1. The maximum absolute atomic E-state index is 5.68. The maximum Gasteiger partial charge on any atom is 0.122 e. The number of rotatable bonds is 3. The van der Waals surface area contributed by atoms with Crippen LogP contribution < -0.4 is 16.0 Å². The number of nitrogens with one attached hydrogen (secondary N) is 1. The smallest absolute Gasteiger partial charge is 0.122 e. The van der Waals surface area contributed by atoms with Crippen LogP contribution >= 0.6 is 0 Å². The van der Waals surface area contributed by atoms with Gasteiger partial charge in [-0.25, -0.2) is 9.97 Å². The van der Waals surface area contributed by atoms with Crippen LogP contribution in [0.2, 0.25) is 0 Å². The van der Waals surface area contributed by atoms with E-state index in [9.17, 15) is 0 Å². The maximum atomic E-state index is 5.68. The van der Waals surface area contributed by atoms with Crippen molar-refractivity contribution in [1.82, 2.24) is 15.4 Å². The number of para-hydroxylation sites is 1. The van der Waals surface area contributed by atoms with Crippen LogP contribution in [0.3, 0.4) is 0 Å². The van der Waals surface area contributed by atoms with Crippen molar-refractivity contribution in [3.05, 3.63) is 54.1 Å². The first-order valence-electron chi connectivity index (χ1n) is 5.83. The minimum absolute atomic E-state index is 0.0464. The van der Waals surface area contributed by atoms with Crippen LogP contribution in [0.4, 0.5) is 0 Å². The molecule has 2 aromatic rings. The Morgan fingerprint density at radius 3 is 2.83 bits per heavy atom. The van der Waals surface area contributed by atoms with E-state index in [1.807, 2.05) is 18.2 Å². The van der Waals surface area contributed by atoms with Crippen LogP contribution in [0.5, 0.6) is 5.75 Å². The minimum Gasteiger partial charge on any atom is -0.493 e. The standard InChI is InChI=1S/C13H14N4O/c14-17-13(9-5-15-8-16-6-9)11-7-18-12-4-2-1-3-10(11)12/h1-6,8,11,13,17H,7,14H2. The summed E-state index contributed by atoms with van der Waals surface area (Å²) in [6, 6.07) is 7.98. The molecule has 1 aromatic carbocycles. The lowest BCUT2D eigenvalue weighted by atomic mass is 9.90. The van der Waals surface area contributed by atoms with Gasteiger partial charge in [0.05, 0.1) is 12.6 Å². The van der Waals surface area contributed by atoms with Crippen molar-refractivity contribution in [2.24, 2.45) is 5.84 Å².